The van der Waals surface area contributed by atoms with Crippen molar-refractivity contribution in [2.45, 2.75) is 70.9 Å². The zero-order chi connectivity index (χ0) is 20.5. The number of hydrogen-bond donors (Lipinski definition) is 1. The van der Waals surface area contributed by atoms with E-state index in [2.05, 4.69) is 26.1 Å². The van der Waals surface area contributed by atoms with E-state index in [1.165, 1.54) is 5.56 Å². The van der Waals surface area contributed by atoms with Gasteiger partial charge in [-0.25, -0.2) is 4.79 Å². The van der Waals surface area contributed by atoms with Crippen molar-refractivity contribution in [3.63, 3.8) is 0 Å². The second-order valence-corrected chi connectivity index (χ2v) is 9.05. The highest BCUT2D eigenvalue weighted by atomic mass is 16.5. The minimum Gasteiger partial charge on any atom is -0.459 e. The molecule has 2 aliphatic rings. The molecule has 1 saturated heterocycles. The number of rotatable bonds is 4. The molecule has 1 spiro atoms. The van der Waals surface area contributed by atoms with Gasteiger partial charge in [0.2, 0.25) is 0 Å². The van der Waals surface area contributed by atoms with E-state index in [1.807, 2.05) is 31.2 Å². The predicted octanol–water partition coefficient (Wildman–Crippen LogP) is 3.53. The maximum Gasteiger partial charge on any atom is 0.326 e. The van der Waals surface area contributed by atoms with E-state index in [1.54, 1.807) is 0 Å². The number of carbonyl (C=O) groups is 3. The summed E-state index contributed by atoms with van der Waals surface area (Å²) in [5.74, 6) is -0.805. The van der Waals surface area contributed by atoms with Crippen LogP contribution >= 0.6 is 0 Å². The van der Waals surface area contributed by atoms with Crippen LogP contribution in [-0.2, 0) is 26.3 Å². The monoisotopic (exact) mass is 386 g/mol. The number of imide groups is 1. The molecule has 28 heavy (non-hydrogen) atoms. The summed E-state index contributed by atoms with van der Waals surface area (Å²) in [6.45, 7) is 8.17. The summed E-state index contributed by atoms with van der Waals surface area (Å²) in [5, 5.41) is 2.85. The van der Waals surface area contributed by atoms with Gasteiger partial charge in [0, 0.05) is 0 Å². The summed E-state index contributed by atoms with van der Waals surface area (Å²) in [7, 11) is 0. The molecule has 1 aromatic carbocycles. The standard InChI is InChI=1S/C22H30N2O4/c1-15-7-5-6-12-22(15)19(26)24(20(27)23-22)13-18(25)28-14-16-8-10-17(11-9-16)21(2,3)4/h8-11,15H,5-7,12-14H2,1-4H3,(H,23,27)/t15-,22+/m1/s1. The summed E-state index contributed by atoms with van der Waals surface area (Å²) >= 11 is 0. The Labute approximate surface area is 166 Å². The molecule has 2 fully saturated rings. The number of amides is 3. The van der Waals surface area contributed by atoms with Crippen LogP contribution in [0.2, 0.25) is 0 Å². The van der Waals surface area contributed by atoms with Gasteiger partial charge in [-0.1, -0.05) is 64.8 Å². The molecule has 1 aliphatic heterocycles. The van der Waals surface area contributed by atoms with Crippen LogP contribution in [0, 0.1) is 5.92 Å². The van der Waals surface area contributed by atoms with Crippen molar-refractivity contribution in [2.24, 2.45) is 5.92 Å². The van der Waals surface area contributed by atoms with E-state index in [-0.39, 0.29) is 30.4 Å². The first-order valence-electron chi connectivity index (χ1n) is 10.0. The van der Waals surface area contributed by atoms with Crippen molar-refractivity contribution in [2.75, 3.05) is 6.54 Å². The Kier molecular flexibility index (Phi) is 5.50. The van der Waals surface area contributed by atoms with Gasteiger partial charge in [0.25, 0.3) is 5.91 Å². The maximum atomic E-state index is 12.9. The first-order valence-corrected chi connectivity index (χ1v) is 10.0. The highest BCUT2D eigenvalue weighted by Gasteiger charge is 2.55. The molecular formula is C22H30N2O4. The number of carbonyl (C=O) groups excluding carboxylic acids is 3. The summed E-state index contributed by atoms with van der Waals surface area (Å²) in [6, 6.07) is 7.41. The molecule has 152 valence electrons. The van der Waals surface area contributed by atoms with Crippen molar-refractivity contribution in [3.05, 3.63) is 35.4 Å². The number of ether oxygens (including phenoxy) is 1. The van der Waals surface area contributed by atoms with Crippen LogP contribution in [0.15, 0.2) is 24.3 Å². The van der Waals surface area contributed by atoms with Crippen molar-refractivity contribution in [3.8, 4) is 0 Å². The molecule has 0 aromatic heterocycles. The lowest BCUT2D eigenvalue weighted by molar-refractivity contribution is -0.149. The highest BCUT2D eigenvalue weighted by Crippen LogP contribution is 2.38. The van der Waals surface area contributed by atoms with Gasteiger partial charge in [0.15, 0.2) is 0 Å². The first-order chi connectivity index (χ1) is 13.1. The Morgan fingerprint density at radius 3 is 2.50 bits per heavy atom. The predicted molar refractivity (Wildman–Crippen MR) is 106 cm³/mol. The van der Waals surface area contributed by atoms with Gasteiger partial charge in [0.05, 0.1) is 0 Å². The number of benzene rings is 1. The molecule has 1 saturated carbocycles. The van der Waals surface area contributed by atoms with Gasteiger partial charge in [-0.3, -0.25) is 14.5 Å². The molecule has 1 aromatic rings. The normalized spacial score (nSPS) is 25.1. The maximum absolute atomic E-state index is 12.9. The van der Waals surface area contributed by atoms with Crippen LogP contribution < -0.4 is 5.32 Å². The average Bonchev–Trinajstić information content (AvgIpc) is 2.87. The van der Waals surface area contributed by atoms with E-state index < -0.39 is 17.5 Å². The molecule has 3 amide bonds. The third-order valence-corrected chi connectivity index (χ3v) is 6.01. The van der Waals surface area contributed by atoms with E-state index in [0.29, 0.717) is 6.42 Å². The fourth-order valence-corrected chi connectivity index (χ4v) is 4.08. The van der Waals surface area contributed by atoms with Crippen LogP contribution in [0.4, 0.5) is 4.79 Å². The van der Waals surface area contributed by atoms with Crippen LogP contribution in [-0.4, -0.2) is 34.9 Å². The number of nitrogens with one attached hydrogen (secondary N) is 1. The van der Waals surface area contributed by atoms with Gasteiger partial charge in [-0.2, -0.15) is 0 Å². The average molecular weight is 386 g/mol. The van der Waals surface area contributed by atoms with E-state index in [0.717, 1.165) is 29.7 Å². The SMILES string of the molecule is C[C@@H]1CCCC[C@]12NC(=O)N(CC(=O)OCc1ccc(C(C)(C)C)cc1)C2=O. The van der Waals surface area contributed by atoms with Gasteiger partial charge >= 0.3 is 12.0 Å². The molecule has 0 unspecified atom stereocenters. The molecule has 3 rings (SSSR count). The lowest BCUT2D eigenvalue weighted by Gasteiger charge is -2.36. The Bertz CT molecular complexity index is 766. The van der Waals surface area contributed by atoms with Crippen molar-refractivity contribution >= 4 is 17.9 Å². The van der Waals surface area contributed by atoms with Crippen LogP contribution in [0.3, 0.4) is 0 Å². The molecule has 1 N–H and O–H groups in total. The zero-order valence-electron chi connectivity index (χ0n) is 17.2. The van der Waals surface area contributed by atoms with Gasteiger partial charge < -0.3 is 10.1 Å². The summed E-state index contributed by atoms with van der Waals surface area (Å²) in [4.78, 5) is 38.5. The lowest BCUT2D eigenvalue weighted by atomic mass is 9.73. The van der Waals surface area contributed by atoms with E-state index >= 15 is 0 Å². The minimum atomic E-state index is -0.849. The zero-order valence-corrected chi connectivity index (χ0v) is 17.2. The lowest BCUT2D eigenvalue weighted by Crippen LogP contribution is -2.54. The highest BCUT2D eigenvalue weighted by molar-refractivity contribution is 6.08. The minimum absolute atomic E-state index is 0.0604. The van der Waals surface area contributed by atoms with Crippen molar-refractivity contribution in [1.29, 1.82) is 0 Å². The third-order valence-electron chi connectivity index (χ3n) is 6.01. The number of nitrogens with zero attached hydrogens (tertiary/aromatic N) is 1. The van der Waals surface area contributed by atoms with Gasteiger partial charge in [-0.05, 0) is 35.3 Å². The Balaban J connectivity index is 1.57. The topological polar surface area (TPSA) is 75.7 Å². The summed E-state index contributed by atoms with van der Waals surface area (Å²) in [6.07, 6.45) is 3.49. The number of hydrogen-bond acceptors (Lipinski definition) is 4. The van der Waals surface area contributed by atoms with Gasteiger partial charge in [-0.15, -0.1) is 0 Å². The smallest absolute Gasteiger partial charge is 0.326 e. The van der Waals surface area contributed by atoms with Crippen molar-refractivity contribution < 1.29 is 19.1 Å². The molecule has 6 heteroatoms. The van der Waals surface area contributed by atoms with E-state index in [4.69, 9.17) is 4.74 Å². The third kappa shape index (κ3) is 3.91. The van der Waals surface area contributed by atoms with Crippen LogP contribution in [0.5, 0.6) is 0 Å². The summed E-state index contributed by atoms with van der Waals surface area (Å²) in [5.41, 5.74) is 1.29. The van der Waals surface area contributed by atoms with Crippen LogP contribution in [0.25, 0.3) is 0 Å². The van der Waals surface area contributed by atoms with Crippen LogP contribution in [0.1, 0.15) is 64.5 Å². The molecular weight excluding hydrogens is 356 g/mol. The molecule has 6 nitrogen and oxygen atoms in total. The number of urea groups is 1. The molecule has 2 atom stereocenters. The fourth-order valence-electron chi connectivity index (χ4n) is 4.08. The first kappa shape index (κ1) is 20.4. The molecule has 0 bridgehead atoms. The Morgan fingerprint density at radius 1 is 1.21 bits per heavy atom. The molecule has 1 aliphatic carbocycles. The molecule has 1 heterocycles. The van der Waals surface area contributed by atoms with E-state index in [9.17, 15) is 14.4 Å². The second-order valence-electron chi connectivity index (χ2n) is 9.05. The fraction of sp³-hybridized carbons (Fsp3) is 0.591. The summed E-state index contributed by atoms with van der Waals surface area (Å²) < 4.78 is 5.30. The quantitative estimate of drug-likeness (QED) is 0.634. The largest absolute Gasteiger partial charge is 0.459 e. The molecule has 0 radical (unpaired) electrons. The van der Waals surface area contributed by atoms with Crippen molar-refractivity contribution in [1.82, 2.24) is 10.2 Å². The second kappa shape index (κ2) is 7.57. The van der Waals surface area contributed by atoms with Gasteiger partial charge in [0.1, 0.15) is 18.7 Å². The Morgan fingerprint density at radius 2 is 1.89 bits per heavy atom. The number of esters is 1. The Hall–Kier alpha value is -2.37.